The Kier molecular flexibility index (Phi) is 4.29. The van der Waals surface area contributed by atoms with Gasteiger partial charge in [0, 0.05) is 24.1 Å². The molecule has 0 aliphatic heterocycles. The number of rotatable bonds is 7. The minimum Gasteiger partial charge on any atom is -0.314 e. The van der Waals surface area contributed by atoms with Crippen molar-refractivity contribution in [1.82, 2.24) is 25.1 Å². The molecule has 5 heteroatoms. The molecule has 1 saturated carbocycles. The molecule has 0 radical (unpaired) electrons. The normalized spacial score (nSPS) is 14.6. The Balaban J connectivity index is 1.87. The highest BCUT2D eigenvalue weighted by molar-refractivity contribution is 5.33. The fourth-order valence-electron chi connectivity index (χ4n) is 2.75. The maximum absolute atomic E-state index is 4.77. The van der Waals surface area contributed by atoms with Crippen LogP contribution in [0.1, 0.15) is 43.6 Å². The third-order valence-corrected chi connectivity index (χ3v) is 3.99. The molecule has 0 amide bonds. The molecule has 1 aliphatic carbocycles. The molecular weight excluding hydrogens is 262 g/mol. The summed E-state index contributed by atoms with van der Waals surface area (Å²) in [5, 5.41) is 8.36. The van der Waals surface area contributed by atoms with Gasteiger partial charge in [-0.05, 0) is 44.2 Å². The van der Waals surface area contributed by atoms with E-state index in [1.165, 1.54) is 29.8 Å². The van der Waals surface area contributed by atoms with Gasteiger partial charge < -0.3 is 5.32 Å². The lowest BCUT2D eigenvalue weighted by molar-refractivity contribution is 0.676. The van der Waals surface area contributed by atoms with Crippen molar-refractivity contribution in [2.24, 2.45) is 0 Å². The van der Waals surface area contributed by atoms with Gasteiger partial charge in [-0.3, -0.25) is 4.98 Å². The molecule has 112 valence electrons. The van der Waals surface area contributed by atoms with Gasteiger partial charge in [-0.2, -0.15) is 5.10 Å². The minimum atomic E-state index is 0.759. The summed E-state index contributed by atoms with van der Waals surface area (Å²) in [5.41, 5.74) is 3.85. The van der Waals surface area contributed by atoms with E-state index in [1.54, 1.807) is 18.6 Å². The van der Waals surface area contributed by atoms with E-state index in [4.69, 9.17) is 5.10 Å². The van der Waals surface area contributed by atoms with Crippen molar-refractivity contribution in [3.63, 3.8) is 0 Å². The monoisotopic (exact) mass is 285 g/mol. The van der Waals surface area contributed by atoms with Crippen molar-refractivity contribution in [2.75, 3.05) is 6.54 Å². The van der Waals surface area contributed by atoms with E-state index in [1.807, 2.05) is 4.68 Å². The molecule has 1 fully saturated rings. The molecule has 21 heavy (non-hydrogen) atoms. The van der Waals surface area contributed by atoms with E-state index in [2.05, 4.69) is 29.1 Å². The van der Waals surface area contributed by atoms with E-state index in [9.17, 15) is 0 Å². The van der Waals surface area contributed by atoms with Crippen molar-refractivity contribution in [3.8, 4) is 5.82 Å². The molecule has 0 bridgehead atoms. The first-order chi connectivity index (χ1) is 10.3. The Morgan fingerprint density at radius 3 is 2.71 bits per heavy atom. The molecule has 1 N–H and O–H groups in total. The van der Waals surface area contributed by atoms with Crippen molar-refractivity contribution < 1.29 is 0 Å². The van der Waals surface area contributed by atoms with Gasteiger partial charge in [0.05, 0.1) is 11.9 Å². The number of aryl methyl sites for hydroxylation is 1. The van der Waals surface area contributed by atoms with Crippen LogP contribution in [0.2, 0.25) is 0 Å². The topological polar surface area (TPSA) is 55.6 Å². The van der Waals surface area contributed by atoms with E-state index < -0.39 is 0 Å². The Morgan fingerprint density at radius 2 is 2.10 bits per heavy atom. The molecule has 0 atom stereocenters. The summed E-state index contributed by atoms with van der Waals surface area (Å²) in [4.78, 5) is 8.55. The molecule has 0 unspecified atom stereocenters. The molecule has 0 saturated heterocycles. The largest absolute Gasteiger partial charge is 0.314 e. The fourth-order valence-corrected chi connectivity index (χ4v) is 2.75. The summed E-state index contributed by atoms with van der Waals surface area (Å²) in [6, 6.07) is 0.759. The average molecular weight is 285 g/mol. The molecule has 0 aromatic carbocycles. The molecule has 5 nitrogen and oxygen atoms in total. The van der Waals surface area contributed by atoms with Crippen LogP contribution in [0.15, 0.2) is 18.6 Å². The van der Waals surface area contributed by atoms with Crippen LogP contribution in [-0.4, -0.2) is 32.3 Å². The van der Waals surface area contributed by atoms with E-state index in [-0.39, 0.29) is 0 Å². The van der Waals surface area contributed by atoms with E-state index >= 15 is 0 Å². The lowest BCUT2D eigenvalue weighted by atomic mass is 10.1. The molecule has 2 aromatic heterocycles. The van der Waals surface area contributed by atoms with Gasteiger partial charge >= 0.3 is 0 Å². The van der Waals surface area contributed by atoms with Gasteiger partial charge in [-0.25, -0.2) is 9.67 Å². The maximum Gasteiger partial charge on any atom is 0.172 e. The van der Waals surface area contributed by atoms with E-state index in [0.29, 0.717) is 0 Å². The van der Waals surface area contributed by atoms with Crippen LogP contribution in [0.3, 0.4) is 0 Å². The van der Waals surface area contributed by atoms with Gasteiger partial charge in [0.1, 0.15) is 0 Å². The van der Waals surface area contributed by atoms with Gasteiger partial charge in [0.15, 0.2) is 5.82 Å². The van der Waals surface area contributed by atoms with Crippen LogP contribution in [0.25, 0.3) is 5.82 Å². The Morgan fingerprint density at radius 1 is 1.24 bits per heavy atom. The van der Waals surface area contributed by atoms with Gasteiger partial charge in [-0.1, -0.05) is 13.8 Å². The highest BCUT2D eigenvalue weighted by Gasteiger charge is 2.21. The Bertz CT molecular complexity index is 586. The SMILES string of the molecule is CCc1nn(-c2cnccn2)c(CC)c1CCNC1CC1. The molecule has 2 heterocycles. The Labute approximate surface area is 125 Å². The fraction of sp³-hybridized carbons (Fsp3) is 0.562. The zero-order valence-electron chi connectivity index (χ0n) is 12.8. The van der Waals surface area contributed by atoms with Crippen LogP contribution in [-0.2, 0) is 19.3 Å². The quantitative estimate of drug-likeness (QED) is 0.846. The first-order valence-corrected chi connectivity index (χ1v) is 7.92. The summed E-state index contributed by atoms with van der Waals surface area (Å²) in [5.74, 6) is 0.811. The molecule has 0 spiro atoms. The maximum atomic E-state index is 4.77. The standard InChI is InChI=1S/C16H23N5/c1-3-14-13(7-8-18-12-5-6-12)15(4-2)21(20-14)16-11-17-9-10-19-16/h9-12,18H,3-8H2,1-2H3. The zero-order chi connectivity index (χ0) is 14.7. The lowest BCUT2D eigenvalue weighted by Gasteiger charge is -2.07. The van der Waals surface area contributed by atoms with Gasteiger partial charge in [-0.15, -0.1) is 0 Å². The predicted molar refractivity (Wildman–Crippen MR) is 82.6 cm³/mol. The van der Waals surface area contributed by atoms with Crippen LogP contribution < -0.4 is 5.32 Å². The number of aromatic nitrogens is 4. The zero-order valence-corrected chi connectivity index (χ0v) is 12.8. The highest BCUT2D eigenvalue weighted by Crippen LogP contribution is 2.21. The summed E-state index contributed by atoms with van der Waals surface area (Å²) < 4.78 is 1.97. The van der Waals surface area contributed by atoms with Gasteiger partial charge in [0.2, 0.25) is 0 Å². The second-order valence-electron chi connectivity index (χ2n) is 5.53. The number of hydrogen-bond donors (Lipinski definition) is 1. The number of nitrogens with zero attached hydrogens (tertiary/aromatic N) is 4. The van der Waals surface area contributed by atoms with Crippen LogP contribution in [0, 0.1) is 0 Å². The van der Waals surface area contributed by atoms with E-state index in [0.717, 1.165) is 37.7 Å². The summed E-state index contributed by atoms with van der Waals surface area (Å²) in [7, 11) is 0. The second-order valence-corrected chi connectivity index (χ2v) is 5.53. The molecule has 3 rings (SSSR count). The van der Waals surface area contributed by atoms with Crippen LogP contribution >= 0.6 is 0 Å². The second kappa shape index (κ2) is 6.35. The van der Waals surface area contributed by atoms with Crippen molar-refractivity contribution >= 4 is 0 Å². The third kappa shape index (κ3) is 3.13. The molecular formula is C16H23N5. The summed E-state index contributed by atoms with van der Waals surface area (Å²) in [6.45, 7) is 5.39. The van der Waals surface area contributed by atoms with Crippen LogP contribution in [0.5, 0.6) is 0 Å². The first kappa shape index (κ1) is 14.2. The van der Waals surface area contributed by atoms with Gasteiger partial charge in [0.25, 0.3) is 0 Å². The summed E-state index contributed by atoms with van der Waals surface area (Å²) in [6.07, 6.45) is 10.8. The lowest BCUT2D eigenvalue weighted by Crippen LogP contribution is -2.20. The van der Waals surface area contributed by atoms with Crippen LogP contribution in [0.4, 0.5) is 0 Å². The number of hydrogen-bond acceptors (Lipinski definition) is 4. The minimum absolute atomic E-state index is 0.759. The van der Waals surface area contributed by atoms with Crippen molar-refractivity contribution in [1.29, 1.82) is 0 Å². The Hall–Kier alpha value is -1.75. The predicted octanol–water partition coefficient (Wildman–Crippen LogP) is 2.08. The van der Waals surface area contributed by atoms with Crippen molar-refractivity contribution in [3.05, 3.63) is 35.5 Å². The summed E-state index contributed by atoms with van der Waals surface area (Å²) >= 11 is 0. The highest BCUT2D eigenvalue weighted by atomic mass is 15.3. The number of nitrogens with one attached hydrogen (secondary N) is 1. The average Bonchev–Trinajstić information content (AvgIpc) is 3.28. The van der Waals surface area contributed by atoms with Crippen molar-refractivity contribution in [2.45, 2.75) is 52.0 Å². The first-order valence-electron chi connectivity index (χ1n) is 7.92. The third-order valence-electron chi connectivity index (χ3n) is 3.99. The smallest absolute Gasteiger partial charge is 0.172 e. The molecule has 1 aliphatic rings. The molecule has 2 aromatic rings.